The fourth-order valence-electron chi connectivity index (χ4n) is 5.26. The Labute approximate surface area is 201 Å². The van der Waals surface area contributed by atoms with Gasteiger partial charge in [0.15, 0.2) is 0 Å². The Bertz CT molecular complexity index is 1120. The van der Waals surface area contributed by atoms with Gasteiger partial charge in [-0.15, -0.1) is 0 Å². The Kier molecular flexibility index (Phi) is 7.00. The summed E-state index contributed by atoms with van der Waals surface area (Å²) in [5.74, 6) is 0.151. The van der Waals surface area contributed by atoms with Gasteiger partial charge in [-0.1, -0.05) is 36.4 Å². The summed E-state index contributed by atoms with van der Waals surface area (Å²) >= 11 is 0. The van der Waals surface area contributed by atoms with Crippen LogP contribution in [-0.2, 0) is 13.0 Å². The van der Waals surface area contributed by atoms with Gasteiger partial charge in [0, 0.05) is 48.9 Å². The van der Waals surface area contributed by atoms with Gasteiger partial charge in [-0.05, 0) is 80.2 Å². The predicted octanol–water partition coefficient (Wildman–Crippen LogP) is 5.43. The smallest absolute Gasteiger partial charge is 0.254 e. The number of hydrogen-bond donors (Lipinski definition) is 0. The first-order valence-corrected chi connectivity index (χ1v) is 12.5. The maximum Gasteiger partial charge on any atom is 0.254 e. The predicted molar refractivity (Wildman–Crippen MR) is 132 cm³/mol. The highest BCUT2D eigenvalue weighted by Crippen LogP contribution is 2.28. The topological polar surface area (TPSA) is 36.4 Å². The van der Waals surface area contributed by atoms with E-state index in [9.17, 15) is 9.18 Å². The summed E-state index contributed by atoms with van der Waals surface area (Å²) in [6.45, 7) is 4.58. The molecule has 2 aromatic carbocycles. The number of benzene rings is 2. The summed E-state index contributed by atoms with van der Waals surface area (Å²) in [4.78, 5) is 23.0. The molecule has 1 atom stereocenters. The van der Waals surface area contributed by atoms with Crippen molar-refractivity contribution < 1.29 is 9.18 Å². The summed E-state index contributed by atoms with van der Waals surface area (Å²) in [5, 5.41) is 0. The van der Waals surface area contributed by atoms with E-state index in [2.05, 4.69) is 17.0 Å². The highest BCUT2D eigenvalue weighted by molar-refractivity contribution is 5.95. The molecule has 0 spiro atoms. The number of rotatable bonds is 6. The highest BCUT2D eigenvalue weighted by Gasteiger charge is 2.28. The monoisotopic (exact) mass is 457 g/mol. The minimum atomic E-state index is -0.223. The number of carbonyl (C=O) groups is 1. The van der Waals surface area contributed by atoms with E-state index in [0.717, 1.165) is 67.1 Å². The van der Waals surface area contributed by atoms with E-state index in [0.29, 0.717) is 13.0 Å². The standard InChI is InChI=1S/C29H32FN3O/c30-25-14-12-22(13-15-25)19-26-9-5-11-28(31-26)24-8-6-18-33(21-24)29(34)27-10-2-1-7-23(27)20-32-16-3-4-17-32/h1-2,5,7,9-15,24H,3-4,6,8,16-21H2/t24-/m1/s1. The maximum atomic E-state index is 13.6. The summed E-state index contributed by atoms with van der Waals surface area (Å²) < 4.78 is 13.2. The van der Waals surface area contributed by atoms with Gasteiger partial charge in [0.05, 0.1) is 0 Å². The van der Waals surface area contributed by atoms with E-state index in [1.54, 1.807) is 0 Å². The Hall–Kier alpha value is -3.05. The van der Waals surface area contributed by atoms with Crippen LogP contribution in [0.25, 0.3) is 0 Å². The van der Waals surface area contributed by atoms with Crippen LogP contribution < -0.4 is 0 Å². The molecular formula is C29H32FN3O. The van der Waals surface area contributed by atoms with Crippen molar-refractivity contribution in [2.45, 2.75) is 44.6 Å². The van der Waals surface area contributed by atoms with Crippen molar-refractivity contribution in [1.29, 1.82) is 0 Å². The molecule has 0 radical (unpaired) electrons. The second-order valence-electron chi connectivity index (χ2n) is 9.59. The Morgan fingerprint density at radius 1 is 0.912 bits per heavy atom. The molecule has 3 aromatic rings. The van der Waals surface area contributed by atoms with Gasteiger partial charge in [0.2, 0.25) is 0 Å². The first kappa shape index (κ1) is 22.7. The molecular weight excluding hydrogens is 425 g/mol. The zero-order chi connectivity index (χ0) is 23.3. The molecule has 1 aromatic heterocycles. The largest absolute Gasteiger partial charge is 0.338 e. The second-order valence-corrected chi connectivity index (χ2v) is 9.59. The third kappa shape index (κ3) is 5.36. The van der Waals surface area contributed by atoms with Crippen LogP contribution in [-0.4, -0.2) is 46.9 Å². The van der Waals surface area contributed by atoms with E-state index in [1.807, 2.05) is 47.4 Å². The quantitative estimate of drug-likeness (QED) is 0.495. The van der Waals surface area contributed by atoms with Gasteiger partial charge in [-0.25, -0.2) is 4.39 Å². The van der Waals surface area contributed by atoms with Crippen molar-refractivity contribution >= 4 is 5.91 Å². The van der Waals surface area contributed by atoms with E-state index in [-0.39, 0.29) is 17.6 Å². The third-order valence-corrected chi connectivity index (χ3v) is 7.09. The van der Waals surface area contributed by atoms with Crippen LogP contribution in [0.2, 0.25) is 0 Å². The highest BCUT2D eigenvalue weighted by atomic mass is 19.1. The van der Waals surface area contributed by atoms with E-state index in [1.165, 1.54) is 25.0 Å². The lowest BCUT2D eigenvalue weighted by Gasteiger charge is -2.33. The number of carbonyl (C=O) groups excluding carboxylic acids is 1. The lowest BCUT2D eigenvalue weighted by atomic mass is 9.93. The Morgan fingerprint density at radius 2 is 1.71 bits per heavy atom. The average molecular weight is 458 g/mol. The van der Waals surface area contributed by atoms with Gasteiger partial charge < -0.3 is 4.90 Å². The van der Waals surface area contributed by atoms with Gasteiger partial charge in [-0.3, -0.25) is 14.7 Å². The Morgan fingerprint density at radius 3 is 2.53 bits per heavy atom. The SMILES string of the molecule is O=C(c1ccccc1CN1CCCC1)N1CCC[C@@H](c2cccc(Cc3ccc(F)cc3)n2)C1. The van der Waals surface area contributed by atoms with Crippen LogP contribution in [0.3, 0.4) is 0 Å². The molecule has 0 N–H and O–H groups in total. The molecule has 176 valence electrons. The van der Waals surface area contributed by atoms with Gasteiger partial charge in [0.25, 0.3) is 5.91 Å². The molecule has 2 aliphatic rings. The summed E-state index contributed by atoms with van der Waals surface area (Å²) in [7, 11) is 0. The summed E-state index contributed by atoms with van der Waals surface area (Å²) in [5.41, 5.74) is 5.04. The molecule has 5 heteroatoms. The molecule has 0 saturated carbocycles. The van der Waals surface area contributed by atoms with E-state index >= 15 is 0 Å². The fraction of sp³-hybridized carbons (Fsp3) is 0.379. The van der Waals surface area contributed by atoms with Crippen LogP contribution in [0.4, 0.5) is 4.39 Å². The molecule has 0 aliphatic carbocycles. The van der Waals surface area contributed by atoms with Crippen LogP contribution in [0.5, 0.6) is 0 Å². The number of amides is 1. The van der Waals surface area contributed by atoms with Gasteiger partial charge >= 0.3 is 0 Å². The molecule has 34 heavy (non-hydrogen) atoms. The van der Waals surface area contributed by atoms with Crippen molar-refractivity contribution in [2.75, 3.05) is 26.2 Å². The van der Waals surface area contributed by atoms with Crippen LogP contribution in [0.15, 0.2) is 66.7 Å². The van der Waals surface area contributed by atoms with E-state index in [4.69, 9.17) is 4.98 Å². The maximum absolute atomic E-state index is 13.6. The Balaban J connectivity index is 1.29. The normalized spacial score (nSPS) is 18.9. The minimum absolute atomic E-state index is 0.141. The van der Waals surface area contributed by atoms with Crippen LogP contribution in [0.1, 0.15) is 64.5 Å². The first-order chi connectivity index (χ1) is 16.7. The number of aromatic nitrogens is 1. The zero-order valence-electron chi connectivity index (χ0n) is 19.6. The molecule has 0 bridgehead atoms. The number of hydrogen-bond acceptors (Lipinski definition) is 3. The molecule has 5 rings (SSSR count). The van der Waals surface area contributed by atoms with Crippen molar-refractivity contribution in [3.05, 3.63) is 101 Å². The van der Waals surface area contributed by atoms with E-state index < -0.39 is 0 Å². The fourth-order valence-corrected chi connectivity index (χ4v) is 5.26. The van der Waals surface area contributed by atoms with Gasteiger partial charge in [0.1, 0.15) is 5.82 Å². The number of piperidine rings is 1. The van der Waals surface area contributed by atoms with Crippen molar-refractivity contribution in [1.82, 2.24) is 14.8 Å². The number of pyridine rings is 1. The lowest BCUT2D eigenvalue weighted by Crippen LogP contribution is -2.40. The summed E-state index contributed by atoms with van der Waals surface area (Å²) in [6, 6.07) is 20.9. The zero-order valence-corrected chi connectivity index (χ0v) is 19.6. The van der Waals surface area contributed by atoms with Crippen molar-refractivity contribution in [3.8, 4) is 0 Å². The molecule has 1 amide bonds. The number of nitrogens with zero attached hydrogens (tertiary/aromatic N) is 3. The average Bonchev–Trinajstić information content (AvgIpc) is 3.39. The number of halogens is 1. The van der Waals surface area contributed by atoms with Crippen LogP contribution >= 0.6 is 0 Å². The second kappa shape index (κ2) is 10.5. The summed E-state index contributed by atoms with van der Waals surface area (Å²) in [6.07, 6.45) is 5.18. The van der Waals surface area contributed by atoms with Crippen molar-refractivity contribution in [3.63, 3.8) is 0 Å². The molecule has 2 fully saturated rings. The van der Waals surface area contributed by atoms with Gasteiger partial charge in [-0.2, -0.15) is 0 Å². The molecule has 4 nitrogen and oxygen atoms in total. The molecule has 3 heterocycles. The lowest BCUT2D eigenvalue weighted by molar-refractivity contribution is 0.0703. The van der Waals surface area contributed by atoms with Crippen LogP contribution in [0, 0.1) is 5.82 Å². The molecule has 0 unspecified atom stereocenters. The minimum Gasteiger partial charge on any atom is -0.338 e. The molecule has 2 aliphatic heterocycles. The van der Waals surface area contributed by atoms with Crippen molar-refractivity contribution in [2.24, 2.45) is 0 Å². The molecule has 2 saturated heterocycles. The first-order valence-electron chi connectivity index (χ1n) is 12.5. The third-order valence-electron chi connectivity index (χ3n) is 7.09. The number of likely N-dealkylation sites (tertiary alicyclic amines) is 2.